The Morgan fingerprint density at radius 3 is 2.38 bits per heavy atom. The second kappa shape index (κ2) is 7.12. The number of carbonyl (C=O) groups is 1. The molecule has 0 radical (unpaired) electrons. The number of carbonyl (C=O) groups excluding carboxylic acids is 1. The van der Waals surface area contributed by atoms with Crippen LogP contribution < -0.4 is 11.1 Å². The minimum Gasteiger partial charge on any atom is -0.354 e. The van der Waals surface area contributed by atoms with Crippen molar-refractivity contribution < 1.29 is 4.79 Å². The molecule has 118 valence electrons. The highest BCUT2D eigenvalue weighted by Gasteiger charge is 2.37. The van der Waals surface area contributed by atoms with Gasteiger partial charge >= 0.3 is 0 Å². The molecule has 1 unspecified atom stereocenters. The molecule has 1 atom stereocenters. The SMILES string of the molecule is CCC1(CNC(=O)C(C)(N)c2ccc(Br)cc2)CCC1.Cl. The van der Waals surface area contributed by atoms with Gasteiger partial charge in [0.15, 0.2) is 0 Å². The van der Waals surface area contributed by atoms with Crippen LogP contribution in [0.15, 0.2) is 28.7 Å². The van der Waals surface area contributed by atoms with Crippen LogP contribution >= 0.6 is 28.3 Å². The van der Waals surface area contributed by atoms with E-state index in [2.05, 4.69) is 28.2 Å². The lowest BCUT2D eigenvalue weighted by Crippen LogP contribution is -2.52. The molecule has 2 rings (SSSR count). The third-order valence-electron chi connectivity index (χ3n) is 4.70. The van der Waals surface area contributed by atoms with E-state index >= 15 is 0 Å². The Balaban J connectivity index is 0.00000220. The Bertz CT molecular complexity index is 478. The van der Waals surface area contributed by atoms with E-state index in [1.165, 1.54) is 19.3 Å². The number of halogens is 2. The summed E-state index contributed by atoms with van der Waals surface area (Å²) in [6.07, 6.45) is 4.82. The Morgan fingerprint density at radius 2 is 1.95 bits per heavy atom. The minimum atomic E-state index is -0.987. The number of benzene rings is 1. The van der Waals surface area contributed by atoms with Crippen molar-refractivity contribution in [2.75, 3.05) is 6.54 Å². The fourth-order valence-electron chi connectivity index (χ4n) is 2.71. The molecule has 0 aromatic heterocycles. The highest BCUT2D eigenvalue weighted by atomic mass is 79.9. The third kappa shape index (κ3) is 3.99. The predicted octanol–water partition coefficient (Wildman–Crippen LogP) is 3.74. The maximum atomic E-state index is 12.4. The molecule has 1 fully saturated rings. The topological polar surface area (TPSA) is 55.1 Å². The van der Waals surface area contributed by atoms with Crippen LogP contribution in [0.1, 0.15) is 45.1 Å². The van der Waals surface area contributed by atoms with E-state index in [1.54, 1.807) is 6.92 Å². The van der Waals surface area contributed by atoms with Crippen molar-refractivity contribution in [2.24, 2.45) is 11.1 Å². The Morgan fingerprint density at radius 1 is 1.38 bits per heavy atom. The first kappa shape index (κ1) is 18.5. The summed E-state index contributed by atoms with van der Waals surface area (Å²) in [7, 11) is 0. The van der Waals surface area contributed by atoms with Crippen LogP contribution in [-0.2, 0) is 10.3 Å². The van der Waals surface area contributed by atoms with E-state index in [4.69, 9.17) is 5.73 Å². The average molecular weight is 376 g/mol. The van der Waals surface area contributed by atoms with E-state index in [0.717, 1.165) is 23.0 Å². The lowest BCUT2D eigenvalue weighted by atomic mass is 9.67. The van der Waals surface area contributed by atoms with Crippen LogP contribution in [0.2, 0.25) is 0 Å². The van der Waals surface area contributed by atoms with Gasteiger partial charge in [-0.05, 0) is 49.3 Å². The second-order valence-corrected chi connectivity index (χ2v) is 7.01. The van der Waals surface area contributed by atoms with Crippen molar-refractivity contribution >= 4 is 34.2 Å². The fraction of sp³-hybridized carbons (Fsp3) is 0.562. The minimum absolute atomic E-state index is 0. The van der Waals surface area contributed by atoms with Gasteiger partial charge in [-0.15, -0.1) is 12.4 Å². The van der Waals surface area contributed by atoms with Gasteiger partial charge in [-0.3, -0.25) is 4.79 Å². The zero-order valence-corrected chi connectivity index (χ0v) is 15.0. The molecule has 1 aliphatic rings. The van der Waals surface area contributed by atoms with E-state index < -0.39 is 5.54 Å². The van der Waals surface area contributed by atoms with Crippen LogP contribution in [0.3, 0.4) is 0 Å². The zero-order valence-electron chi connectivity index (χ0n) is 12.6. The van der Waals surface area contributed by atoms with E-state index in [-0.39, 0.29) is 18.3 Å². The summed E-state index contributed by atoms with van der Waals surface area (Å²) in [5.74, 6) is -0.0976. The standard InChI is InChI=1S/C16H23BrN2O.ClH/c1-3-16(9-4-10-16)11-19-14(20)15(2,18)12-5-7-13(17)8-6-12;/h5-8H,3-4,9-11,18H2,1-2H3,(H,19,20);1H. The summed E-state index contributed by atoms with van der Waals surface area (Å²) in [6, 6.07) is 7.60. The summed E-state index contributed by atoms with van der Waals surface area (Å²) < 4.78 is 0.983. The summed E-state index contributed by atoms with van der Waals surface area (Å²) in [6.45, 7) is 4.71. The van der Waals surface area contributed by atoms with E-state index in [0.29, 0.717) is 5.41 Å². The van der Waals surface area contributed by atoms with Crippen LogP contribution in [0.4, 0.5) is 0 Å². The Hall–Kier alpha value is -0.580. The molecule has 0 saturated heterocycles. The summed E-state index contributed by atoms with van der Waals surface area (Å²) >= 11 is 3.39. The fourth-order valence-corrected chi connectivity index (χ4v) is 2.98. The van der Waals surface area contributed by atoms with Crippen LogP contribution in [0.25, 0.3) is 0 Å². The van der Waals surface area contributed by atoms with Crippen molar-refractivity contribution in [1.82, 2.24) is 5.32 Å². The van der Waals surface area contributed by atoms with Crippen molar-refractivity contribution in [2.45, 2.75) is 45.1 Å². The molecule has 1 amide bonds. The van der Waals surface area contributed by atoms with Gasteiger partial charge in [-0.25, -0.2) is 0 Å². The molecule has 1 aromatic carbocycles. The van der Waals surface area contributed by atoms with E-state index in [1.807, 2.05) is 24.3 Å². The first-order valence-corrected chi connectivity index (χ1v) is 8.02. The van der Waals surface area contributed by atoms with Gasteiger partial charge < -0.3 is 11.1 Å². The molecule has 0 spiro atoms. The lowest BCUT2D eigenvalue weighted by Gasteiger charge is -2.42. The number of hydrogen-bond donors (Lipinski definition) is 2. The van der Waals surface area contributed by atoms with E-state index in [9.17, 15) is 4.79 Å². The van der Waals surface area contributed by atoms with Gasteiger partial charge in [0.25, 0.3) is 0 Å². The largest absolute Gasteiger partial charge is 0.354 e. The molecule has 5 heteroatoms. The molecule has 3 N–H and O–H groups in total. The lowest BCUT2D eigenvalue weighted by molar-refractivity contribution is -0.127. The normalized spacial score (nSPS) is 18.9. The maximum Gasteiger partial charge on any atom is 0.244 e. The molecule has 1 saturated carbocycles. The summed E-state index contributed by atoms with van der Waals surface area (Å²) in [5, 5.41) is 3.05. The highest BCUT2D eigenvalue weighted by Crippen LogP contribution is 2.43. The number of rotatable bonds is 5. The molecule has 0 bridgehead atoms. The molecular formula is C16H24BrClN2O. The molecule has 1 aromatic rings. The van der Waals surface area contributed by atoms with Crippen molar-refractivity contribution in [3.8, 4) is 0 Å². The van der Waals surface area contributed by atoms with Gasteiger partial charge in [0.05, 0.1) is 0 Å². The van der Waals surface area contributed by atoms with Crippen molar-refractivity contribution in [1.29, 1.82) is 0 Å². The van der Waals surface area contributed by atoms with Crippen molar-refractivity contribution in [3.63, 3.8) is 0 Å². The second-order valence-electron chi connectivity index (χ2n) is 6.10. The Labute approximate surface area is 141 Å². The number of amides is 1. The average Bonchev–Trinajstić information content (AvgIpc) is 2.38. The van der Waals surface area contributed by atoms with Crippen LogP contribution in [-0.4, -0.2) is 12.5 Å². The van der Waals surface area contributed by atoms with Crippen molar-refractivity contribution in [3.05, 3.63) is 34.3 Å². The van der Waals surface area contributed by atoms with Gasteiger partial charge in [-0.1, -0.05) is 41.4 Å². The predicted molar refractivity (Wildman–Crippen MR) is 92.5 cm³/mol. The van der Waals surface area contributed by atoms with Gasteiger partial charge in [-0.2, -0.15) is 0 Å². The van der Waals surface area contributed by atoms with Crippen LogP contribution in [0, 0.1) is 5.41 Å². The molecular weight excluding hydrogens is 352 g/mol. The molecule has 0 heterocycles. The van der Waals surface area contributed by atoms with Gasteiger partial charge in [0, 0.05) is 11.0 Å². The van der Waals surface area contributed by atoms with Gasteiger partial charge in [0.2, 0.25) is 5.91 Å². The number of nitrogens with two attached hydrogens (primary N) is 1. The third-order valence-corrected chi connectivity index (χ3v) is 5.23. The maximum absolute atomic E-state index is 12.4. The zero-order chi connectivity index (χ0) is 14.8. The Kier molecular flexibility index (Phi) is 6.26. The molecule has 3 nitrogen and oxygen atoms in total. The molecule has 0 aliphatic heterocycles. The monoisotopic (exact) mass is 374 g/mol. The number of hydrogen-bond acceptors (Lipinski definition) is 2. The van der Waals surface area contributed by atoms with Crippen LogP contribution in [0.5, 0.6) is 0 Å². The summed E-state index contributed by atoms with van der Waals surface area (Å²) in [4.78, 5) is 12.4. The molecule has 21 heavy (non-hydrogen) atoms. The summed E-state index contributed by atoms with van der Waals surface area (Å²) in [5.41, 5.74) is 6.39. The van der Waals surface area contributed by atoms with Gasteiger partial charge in [0.1, 0.15) is 5.54 Å². The first-order chi connectivity index (χ1) is 9.39. The quantitative estimate of drug-likeness (QED) is 0.823. The molecule has 1 aliphatic carbocycles. The number of nitrogens with one attached hydrogen (secondary N) is 1. The first-order valence-electron chi connectivity index (χ1n) is 7.23. The smallest absolute Gasteiger partial charge is 0.244 e. The highest BCUT2D eigenvalue weighted by molar-refractivity contribution is 9.10.